The van der Waals surface area contributed by atoms with Crippen molar-refractivity contribution in [2.45, 2.75) is 44.8 Å². The molecule has 0 saturated heterocycles. The first-order valence-corrected chi connectivity index (χ1v) is 26.1. The molecular formula is C44H33Cl7F6N10OSi. The Kier molecular flexibility index (Phi) is 17.7. The van der Waals surface area contributed by atoms with Gasteiger partial charge in [-0.1, -0.05) is 119 Å². The van der Waals surface area contributed by atoms with Gasteiger partial charge in [0.1, 0.15) is 47.9 Å². The number of aromatic nitrogens is 10. The lowest BCUT2D eigenvalue weighted by atomic mass is 10.1. The maximum atomic E-state index is 13.3. The fourth-order valence-electron chi connectivity index (χ4n) is 5.73. The SMILES string of the molecule is C[Si](C)(C)CCOCn1cc(C(F)(F)F)nc1-c1cc(-c2ccc(Cl)c(Cl)c2)ncn1.Clc1cc(-c2ccc(Cl)c(Cl)c2)ncn1.FC(F)(F)c1cnc(-c2cc(-c3ccc(Cl)c(Cl)c3)ncn2)[nH]1. The van der Waals surface area contributed by atoms with Crippen LogP contribution in [0.4, 0.5) is 26.3 Å². The van der Waals surface area contributed by atoms with Gasteiger partial charge in [-0.15, -0.1) is 0 Å². The van der Waals surface area contributed by atoms with Gasteiger partial charge in [0, 0.05) is 43.6 Å². The van der Waals surface area contributed by atoms with E-state index in [1.165, 1.54) is 29.6 Å². The van der Waals surface area contributed by atoms with Gasteiger partial charge in [-0.05, 0) is 54.6 Å². The normalized spacial score (nSPS) is 11.7. The van der Waals surface area contributed by atoms with Crippen molar-refractivity contribution in [3.05, 3.63) is 151 Å². The number of hydrogen-bond acceptors (Lipinski definition) is 9. The Hall–Kier alpha value is -4.89. The van der Waals surface area contributed by atoms with Crippen LogP contribution in [0.5, 0.6) is 0 Å². The summed E-state index contributed by atoms with van der Waals surface area (Å²) in [5.74, 6) is 0.0464. The molecule has 0 atom stereocenters. The van der Waals surface area contributed by atoms with Crippen LogP contribution in [0.25, 0.3) is 56.8 Å². The molecule has 1 N–H and O–H groups in total. The molecule has 69 heavy (non-hydrogen) atoms. The Balaban J connectivity index is 0.000000181. The lowest BCUT2D eigenvalue weighted by Crippen LogP contribution is -2.22. The van der Waals surface area contributed by atoms with Crippen LogP contribution in [-0.2, 0) is 23.8 Å². The molecule has 0 saturated carbocycles. The Morgan fingerprint density at radius 1 is 0.551 bits per heavy atom. The molecule has 11 nitrogen and oxygen atoms in total. The second kappa shape index (κ2) is 22.9. The smallest absolute Gasteiger partial charge is 0.361 e. The van der Waals surface area contributed by atoms with Gasteiger partial charge in [-0.2, -0.15) is 26.3 Å². The molecule has 5 aromatic heterocycles. The number of hydrogen-bond donors (Lipinski definition) is 1. The topological polar surface area (TPSA) is 133 Å². The molecule has 0 aliphatic heterocycles. The van der Waals surface area contributed by atoms with Crippen molar-refractivity contribution >= 4 is 89.3 Å². The van der Waals surface area contributed by atoms with Crippen molar-refractivity contribution in [3.8, 4) is 56.8 Å². The number of imidazole rings is 2. The molecular weight excluding hydrogens is 1070 g/mol. The fourth-order valence-corrected chi connectivity index (χ4v) is 7.53. The number of rotatable bonds is 10. The van der Waals surface area contributed by atoms with Gasteiger partial charge in [0.25, 0.3) is 0 Å². The Morgan fingerprint density at radius 2 is 1.01 bits per heavy atom. The Morgan fingerprint density at radius 3 is 1.46 bits per heavy atom. The van der Waals surface area contributed by atoms with Crippen molar-refractivity contribution < 1.29 is 31.1 Å². The summed E-state index contributed by atoms with van der Waals surface area (Å²) >= 11 is 41.3. The van der Waals surface area contributed by atoms with E-state index in [4.69, 9.17) is 85.9 Å². The first kappa shape index (κ1) is 53.5. The third-order valence-corrected chi connectivity index (χ3v) is 13.4. The average molecular weight is 1110 g/mol. The van der Waals surface area contributed by atoms with Gasteiger partial charge in [0.15, 0.2) is 17.3 Å². The minimum atomic E-state index is -4.59. The van der Waals surface area contributed by atoms with Crippen LogP contribution < -0.4 is 0 Å². The minimum Gasteiger partial charge on any atom is -0.361 e. The van der Waals surface area contributed by atoms with Crippen molar-refractivity contribution in [2.75, 3.05) is 6.61 Å². The molecule has 0 unspecified atom stereocenters. The monoisotopic (exact) mass is 1100 g/mol. The zero-order valence-corrected chi connectivity index (χ0v) is 42.1. The third-order valence-electron chi connectivity index (χ3n) is 9.26. The third kappa shape index (κ3) is 15.1. The van der Waals surface area contributed by atoms with Gasteiger partial charge in [0.2, 0.25) is 0 Å². The molecule has 0 fully saturated rings. The second-order valence-electron chi connectivity index (χ2n) is 15.6. The standard InChI is InChI=1S/C20H21Cl2F3N4OSi.C14H7Cl2F3N4.C10H5Cl3N2/c1-31(2,3)7-6-30-12-29-10-18(20(23,24)25)28-19(29)17-9-16(26-11-27-17)13-4-5-14(21)15(22)8-13;15-8-2-1-7(3-9(8)16)10-4-11(22-6-21-10)13-20-5-12(23-13)14(17,18)19;11-7-2-1-6(3-8(7)12)9-4-10(13)15-5-14-9/h4-5,8-11H,6-7,12H2,1-3H3;1-6H,(H,20,23);1-5H. The molecule has 0 amide bonds. The Bertz CT molecular complexity index is 3060. The largest absolute Gasteiger partial charge is 0.434 e. The van der Waals surface area contributed by atoms with E-state index in [1.807, 2.05) is 6.07 Å². The van der Waals surface area contributed by atoms with E-state index in [0.717, 1.165) is 24.0 Å². The highest BCUT2D eigenvalue weighted by molar-refractivity contribution is 6.76. The quantitative estimate of drug-likeness (QED) is 0.0615. The fraction of sp³-hybridized carbons (Fsp3) is 0.182. The summed E-state index contributed by atoms with van der Waals surface area (Å²) < 4.78 is 84.7. The highest BCUT2D eigenvalue weighted by Crippen LogP contribution is 2.34. The zero-order valence-electron chi connectivity index (χ0n) is 35.8. The number of ether oxygens (including phenoxy) is 1. The molecule has 3 aromatic carbocycles. The molecule has 0 radical (unpaired) electrons. The van der Waals surface area contributed by atoms with Crippen LogP contribution in [0.3, 0.4) is 0 Å². The number of alkyl halides is 6. The van der Waals surface area contributed by atoms with Crippen LogP contribution in [0.15, 0.2) is 104 Å². The van der Waals surface area contributed by atoms with Crippen LogP contribution >= 0.6 is 81.2 Å². The minimum absolute atomic E-state index is 0.000959. The predicted molar refractivity (Wildman–Crippen MR) is 260 cm³/mol. The molecule has 360 valence electrons. The van der Waals surface area contributed by atoms with E-state index in [1.54, 1.807) is 60.7 Å². The lowest BCUT2D eigenvalue weighted by Gasteiger charge is -2.16. The van der Waals surface area contributed by atoms with Crippen molar-refractivity contribution in [3.63, 3.8) is 0 Å². The predicted octanol–water partition coefficient (Wildman–Crippen LogP) is 15.6. The maximum Gasteiger partial charge on any atom is 0.434 e. The van der Waals surface area contributed by atoms with Gasteiger partial charge >= 0.3 is 12.4 Å². The number of nitrogens with zero attached hydrogens (tertiary/aromatic N) is 9. The first-order valence-electron chi connectivity index (χ1n) is 19.8. The summed E-state index contributed by atoms with van der Waals surface area (Å²) in [4.78, 5) is 33.9. The first-order chi connectivity index (χ1) is 32.4. The highest BCUT2D eigenvalue weighted by atomic mass is 35.5. The van der Waals surface area contributed by atoms with Gasteiger partial charge in [-0.3, -0.25) is 0 Å². The maximum absolute atomic E-state index is 13.3. The average Bonchev–Trinajstić information content (AvgIpc) is 3.98. The number of H-pyrrole nitrogens is 1. The number of nitrogens with one attached hydrogen (secondary N) is 1. The molecule has 8 rings (SSSR count). The highest BCUT2D eigenvalue weighted by Gasteiger charge is 2.35. The van der Waals surface area contributed by atoms with E-state index < -0.39 is 31.8 Å². The number of benzene rings is 3. The second-order valence-corrected chi connectivity index (χ2v) is 24.0. The lowest BCUT2D eigenvalue weighted by molar-refractivity contribution is -0.141. The zero-order chi connectivity index (χ0) is 50.3. The van der Waals surface area contributed by atoms with Gasteiger partial charge < -0.3 is 14.3 Å². The summed E-state index contributed by atoms with van der Waals surface area (Å²) in [5, 5.41) is 2.87. The van der Waals surface area contributed by atoms with Gasteiger partial charge in [0.05, 0.1) is 53.4 Å². The molecule has 8 aromatic rings. The molecule has 0 aliphatic rings. The van der Waals surface area contributed by atoms with E-state index in [0.29, 0.717) is 70.1 Å². The summed E-state index contributed by atoms with van der Waals surface area (Å²) in [7, 11) is -1.32. The van der Waals surface area contributed by atoms with E-state index in [-0.39, 0.29) is 29.8 Å². The summed E-state index contributed by atoms with van der Waals surface area (Å²) in [5.41, 5.74) is 2.36. The molecule has 0 aliphatic carbocycles. The number of aromatic amines is 1. The van der Waals surface area contributed by atoms with Crippen molar-refractivity contribution in [1.29, 1.82) is 0 Å². The summed E-state index contributed by atoms with van der Waals surface area (Å²) in [6, 6.07) is 20.8. The molecule has 0 bridgehead atoms. The summed E-state index contributed by atoms with van der Waals surface area (Å²) in [6.07, 6.45) is -3.52. The Labute approximate surface area is 426 Å². The van der Waals surface area contributed by atoms with Crippen LogP contribution in [0.1, 0.15) is 11.4 Å². The molecule has 5 heterocycles. The van der Waals surface area contributed by atoms with Gasteiger partial charge in [-0.25, -0.2) is 39.9 Å². The molecule has 0 spiro atoms. The van der Waals surface area contributed by atoms with Crippen molar-refractivity contribution in [2.24, 2.45) is 0 Å². The van der Waals surface area contributed by atoms with Crippen molar-refractivity contribution in [1.82, 2.24) is 49.4 Å². The number of halogens is 13. The summed E-state index contributed by atoms with van der Waals surface area (Å²) in [6.45, 7) is 7.01. The molecule has 25 heteroatoms. The van der Waals surface area contributed by atoms with E-state index in [9.17, 15) is 26.3 Å². The van der Waals surface area contributed by atoms with Crippen LogP contribution in [0, 0.1) is 0 Å². The van der Waals surface area contributed by atoms with Crippen LogP contribution in [0.2, 0.25) is 61.0 Å². The van der Waals surface area contributed by atoms with E-state index >= 15 is 0 Å². The van der Waals surface area contributed by atoms with E-state index in [2.05, 4.69) is 64.5 Å². The van der Waals surface area contributed by atoms with Crippen LogP contribution in [-0.4, -0.2) is 64.1 Å².